The van der Waals surface area contributed by atoms with E-state index in [-0.39, 0.29) is 0 Å². The molecule has 0 saturated heterocycles. The molecule has 2 aliphatic carbocycles. The summed E-state index contributed by atoms with van der Waals surface area (Å²) in [5.74, 6) is 1.32. The predicted molar refractivity (Wildman–Crippen MR) is 223 cm³/mol. The summed E-state index contributed by atoms with van der Waals surface area (Å²) in [6.45, 7) is 0. The maximum absolute atomic E-state index is 5.26. The fourth-order valence-electron chi connectivity index (χ4n) is 8.78. The molecule has 1 spiro atoms. The van der Waals surface area contributed by atoms with E-state index in [0.29, 0.717) is 11.6 Å². The van der Waals surface area contributed by atoms with Gasteiger partial charge in [-0.15, -0.1) is 0 Å². The first-order valence-corrected chi connectivity index (χ1v) is 18.6. The Kier molecular flexibility index (Phi) is 7.04. The fourth-order valence-corrected chi connectivity index (χ4v) is 8.78. The van der Waals surface area contributed by atoms with Crippen LogP contribution in [0.15, 0.2) is 182 Å². The summed E-state index contributed by atoms with van der Waals surface area (Å²) in [6, 6.07) is 60.4. The van der Waals surface area contributed by atoms with E-state index in [1.54, 1.807) is 0 Å². The lowest BCUT2D eigenvalue weighted by atomic mass is 9.65. The molecule has 1 atom stereocenters. The van der Waals surface area contributed by atoms with E-state index in [4.69, 9.17) is 19.9 Å². The van der Waals surface area contributed by atoms with Gasteiger partial charge in [-0.3, -0.25) is 0 Å². The summed E-state index contributed by atoms with van der Waals surface area (Å²) in [5, 5.41) is 2.50. The third kappa shape index (κ3) is 4.85. The van der Waals surface area contributed by atoms with Gasteiger partial charge in [0.25, 0.3) is 0 Å². The molecule has 0 bridgehead atoms. The van der Waals surface area contributed by atoms with Gasteiger partial charge < -0.3 is 0 Å². The Balaban J connectivity index is 1.16. The molecule has 2 aliphatic rings. The maximum atomic E-state index is 5.26. The molecule has 0 aliphatic heterocycles. The monoisotopic (exact) mass is 700 g/mol. The minimum atomic E-state index is -0.581. The average molecular weight is 701 g/mol. The van der Waals surface area contributed by atoms with Gasteiger partial charge in [-0.05, 0) is 67.4 Å². The van der Waals surface area contributed by atoms with E-state index in [9.17, 15) is 0 Å². The molecule has 4 nitrogen and oxygen atoms in total. The van der Waals surface area contributed by atoms with Gasteiger partial charge >= 0.3 is 0 Å². The topological polar surface area (TPSA) is 51.6 Å². The Morgan fingerprint density at radius 1 is 0.382 bits per heavy atom. The number of fused-ring (bicyclic) bond motifs is 11. The largest absolute Gasteiger partial charge is 0.236 e. The molecule has 2 aromatic heterocycles. The Labute approximate surface area is 319 Å². The van der Waals surface area contributed by atoms with Gasteiger partial charge in [0.1, 0.15) is 0 Å². The van der Waals surface area contributed by atoms with Crippen molar-refractivity contribution in [2.75, 3.05) is 0 Å². The molecule has 2 heterocycles. The smallest absolute Gasteiger partial charge is 0.160 e. The Morgan fingerprint density at radius 3 is 1.82 bits per heavy atom. The zero-order valence-electron chi connectivity index (χ0n) is 29.8. The van der Waals surface area contributed by atoms with Crippen molar-refractivity contribution in [3.8, 4) is 56.4 Å². The normalized spacial score (nSPS) is 14.9. The van der Waals surface area contributed by atoms with E-state index in [0.717, 1.165) is 33.6 Å². The molecular formula is C51H32N4. The predicted octanol–water partition coefficient (Wildman–Crippen LogP) is 11.9. The summed E-state index contributed by atoms with van der Waals surface area (Å²) >= 11 is 0. The zero-order chi connectivity index (χ0) is 36.3. The minimum Gasteiger partial charge on any atom is -0.236 e. The van der Waals surface area contributed by atoms with Crippen molar-refractivity contribution in [1.82, 2.24) is 19.9 Å². The van der Waals surface area contributed by atoms with Gasteiger partial charge in [0.15, 0.2) is 11.6 Å². The number of aromatic nitrogens is 4. The number of rotatable bonds is 4. The molecule has 0 amide bonds. The highest BCUT2D eigenvalue weighted by Crippen LogP contribution is 2.60. The van der Waals surface area contributed by atoms with Crippen molar-refractivity contribution in [3.05, 3.63) is 216 Å². The van der Waals surface area contributed by atoms with Crippen LogP contribution in [-0.4, -0.2) is 19.9 Å². The molecule has 256 valence electrons. The van der Waals surface area contributed by atoms with Gasteiger partial charge in [-0.1, -0.05) is 170 Å². The van der Waals surface area contributed by atoms with E-state index in [1.165, 1.54) is 55.3 Å². The molecular weight excluding hydrogens is 669 g/mol. The van der Waals surface area contributed by atoms with Crippen LogP contribution in [0.3, 0.4) is 0 Å². The number of nitrogens with zero attached hydrogens (tertiary/aromatic N) is 4. The summed E-state index contributed by atoms with van der Waals surface area (Å²) in [5.41, 5.74) is 14.8. The Hall–Kier alpha value is -7.30. The van der Waals surface area contributed by atoms with Crippen molar-refractivity contribution in [3.63, 3.8) is 0 Å². The van der Waals surface area contributed by atoms with Crippen LogP contribution in [0.2, 0.25) is 0 Å². The summed E-state index contributed by atoms with van der Waals surface area (Å²) in [4.78, 5) is 20.0. The van der Waals surface area contributed by atoms with E-state index < -0.39 is 5.41 Å². The first-order chi connectivity index (χ1) is 27.3. The van der Waals surface area contributed by atoms with Crippen LogP contribution in [-0.2, 0) is 5.41 Å². The molecule has 11 rings (SSSR count). The minimum absolute atomic E-state index is 0.581. The summed E-state index contributed by atoms with van der Waals surface area (Å²) in [6.07, 6.45) is 8.27. The second kappa shape index (κ2) is 12.4. The average Bonchev–Trinajstić information content (AvgIpc) is 3.48. The van der Waals surface area contributed by atoms with Crippen molar-refractivity contribution >= 4 is 22.9 Å². The van der Waals surface area contributed by atoms with E-state index >= 15 is 0 Å². The highest BCUT2D eigenvalue weighted by molar-refractivity contribution is 6.05. The van der Waals surface area contributed by atoms with Crippen molar-refractivity contribution < 1.29 is 0 Å². The van der Waals surface area contributed by atoms with Gasteiger partial charge in [0, 0.05) is 34.6 Å². The lowest BCUT2D eigenvalue weighted by Crippen LogP contribution is -2.30. The Bertz CT molecular complexity index is 2970. The second-order valence-electron chi connectivity index (χ2n) is 14.2. The standard InChI is InChI=1S/C51H32N4/c1-3-15-36(16-4-1)46-30-47(39-31-52-49(53-32-39)37-17-5-2-6-18-37)55-50(54-46)38-26-25-35-24-23-34-14-8-11-21-42(34)51(45(35)29-38)43-22-12-10-20-41(43)48-40-19-9-7-13-33(40)27-28-44(48)51/h1-32H. The van der Waals surface area contributed by atoms with Gasteiger partial charge in [-0.25, -0.2) is 19.9 Å². The van der Waals surface area contributed by atoms with Crippen molar-refractivity contribution in [2.45, 2.75) is 5.41 Å². The molecule has 9 aromatic rings. The number of benzene rings is 7. The third-order valence-corrected chi connectivity index (χ3v) is 11.2. The number of hydrogen-bond acceptors (Lipinski definition) is 4. The second-order valence-corrected chi connectivity index (χ2v) is 14.2. The van der Waals surface area contributed by atoms with Crippen LogP contribution in [0.5, 0.6) is 0 Å². The molecule has 4 heteroatoms. The van der Waals surface area contributed by atoms with Crippen molar-refractivity contribution in [1.29, 1.82) is 0 Å². The van der Waals surface area contributed by atoms with Crippen LogP contribution < -0.4 is 0 Å². The van der Waals surface area contributed by atoms with Crippen LogP contribution in [0, 0.1) is 0 Å². The summed E-state index contributed by atoms with van der Waals surface area (Å²) in [7, 11) is 0. The Morgan fingerprint density at radius 2 is 1.02 bits per heavy atom. The third-order valence-electron chi connectivity index (χ3n) is 11.2. The first kappa shape index (κ1) is 31.2. The van der Waals surface area contributed by atoms with Gasteiger partial charge in [-0.2, -0.15) is 0 Å². The van der Waals surface area contributed by atoms with Crippen LogP contribution in [0.1, 0.15) is 33.4 Å². The SMILES string of the molecule is C1=Cc2ccc(-c3nc(-c4ccccc4)cc(-c4cnc(-c5ccccc5)nc4)n3)cc2C2(c3ccccc31)c1ccccc1-c1c2ccc2ccccc12. The molecule has 0 radical (unpaired) electrons. The quantitative estimate of drug-likeness (QED) is 0.183. The molecule has 55 heavy (non-hydrogen) atoms. The maximum Gasteiger partial charge on any atom is 0.160 e. The van der Waals surface area contributed by atoms with Crippen LogP contribution in [0.4, 0.5) is 0 Å². The van der Waals surface area contributed by atoms with Crippen LogP contribution in [0.25, 0.3) is 79.3 Å². The van der Waals surface area contributed by atoms with Gasteiger partial charge in [0.05, 0.1) is 16.8 Å². The zero-order valence-corrected chi connectivity index (χ0v) is 29.8. The van der Waals surface area contributed by atoms with Gasteiger partial charge in [0.2, 0.25) is 0 Å². The van der Waals surface area contributed by atoms with Crippen LogP contribution >= 0.6 is 0 Å². The first-order valence-electron chi connectivity index (χ1n) is 18.6. The van der Waals surface area contributed by atoms with E-state index in [2.05, 4.69) is 127 Å². The molecule has 7 aromatic carbocycles. The lowest BCUT2D eigenvalue weighted by Gasteiger charge is -2.35. The molecule has 0 saturated carbocycles. The van der Waals surface area contributed by atoms with E-state index in [1.807, 2.05) is 67.0 Å². The molecule has 1 unspecified atom stereocenters. The highest BCUT2D eigenvalue weighted by atomic mass is 14.9. The highest BCUT2D eigenvalue weighted by Gasteiger charge is 2.49. The molecule has 0 N–H and O–H groups in total. The lowest BCUT2D eigenvalue weighted by molar-refractivity contribution is 0.767. The molecule has 0 fully saturated rings. The summed E-state index contributed by atoms with van der Waals surface area (Å²) < 4.78 is 0. The van der Waals surface area contributed by atoms with Crippen molar-refractivity contribution in [2.24, 2.45) is 0 Å². The fraction of sp³-hybridized carbons (Fsp3) is 0.0196. The number of hydrogen-bond donors (Lipinski definition) is 0.